The second-order valence-electron chi connectivity index (χ2n) is 7.07. The molecule has 3 rings (SSSR count). The quantitative estimate of drug-likeness (QED) is 0.867. The van der Waals surface area contributed by atoms with Crippen LogP contribution >= 0.6 is 11.8 Å². The van der Waals surface area contributed by atoms with Gasteiger partial charge in [-0.3, -0.25) is 9.20 Å². The highest BCUT2D eigenvalue weighted by molar-refractivity contribution is 8.01. The third-order valence-electron chi connectivity index (χ3n) is 4.11. The molecule has 3 heterocycles. The molecule has 1 fully saturated rings. The first-order chi connectivity index (χ1) is 10.9. The van der Waals surface area contributed by atoms with Crippen molar-refractivity contribution < 1.29 is 4.79 Å². The van der Waals surface area contributed by atoms with Crippen molar-refractivity contribution in [3.63, 3.8) is 0 Å². The van der Waals surface area contributed by atoms with E-state index < -0.39 is 0 Å². The monoisotopic (exact) mass is 332 g/mol. The number of hydrogen-bond acceptors (Lipinski definition) is 4. The van der Waals surface area contributed by atoms with E-state index in [1.165, 1.54) is 0 Å². The third-order valence-corrected chi connectivity index (χ3v) is 5.37. The topological polar surface area (TPSA) is 50.5 Å². The highest BCUT2D eigenvalue weighted by Crippen LogP contribution is 2.28. The lowest BCUT2D eigenvalue weighted by molar-refractivity contribution is -0.129. The number of rotatable bonds is 3. The molecule has 6 heteroatoms. The number of aromatic nitrogens is 3. The predicted octanol–water partition coefficient (Wildman–Crippen LogP) is 2.97. The standard InChI is InChI=1S/C17H24N4OS/c1-17(2,3)23-12-15(22)20-9-6-7-13(11-20)16-19-18-14-8-4-5-10-21(14)16/h4-5,8,10,13H,6-7,9,11-12H2,1-3H3. The van der Waals surface area contributed by atoms with Crippen molar-refractivity contribution in [2.75, 3.05) is 18.8 Å². The number of pyridine rings is 1. The normalized spacial score (nSPS) is 19.3. The fourth-order valence-corrected chi connectivity index (χ4v) is 3.66. The summed E-state index contributed by atoms with van der Waals surface area (Å²) in [5, 5.41) is 8.61. The van der Waals surface area contributed by atoms with Crippen LogP contribution in [0.1, 0.15) is 45.4 Å². The van der Waals surface area contributed by atoms with Gasteiger partial charge in [-0.2, -0.15) is 0 Å². The summed E-state index contributed by atoms with van der Waals surface area (Å²) in [5.41, 5.74) is 0.870. The first-order valence-electron chi connectivity index (χ1n) is 8.15. The fraction of sp³-hybridized carbons (Fsp3) is 0.588. The molecule has 1 atom stereocenters. The summed E-state index contributed by atoms with van der Waals surface area (Å²) in [4.78, 5) is 14.5. The molecule has 1 amide bonds. The molecule has 1 saturated heterocycles. The van der Waals surface area contributed by atoms with Crippen molar-refractivity contribution in [3.05, 3.63) is 30.2 Å². The summed E-state index contributed by atoms with van der Waals surface area (Å²) in [5.74, 6) is 2.03. The Hall–Kier alpha value is -1.56. The number of piperidine rings is 1. The number of hydrogen-bond donors (Lipinski definition) is 0. The molecule has 5 nitrogen and oxygen atoms in total. The Morgan fingerprint density at radius 2 is 2.17 bits per heavy atom. The molecule has 0 aliphatic carbocycles. The largest absolute Gasteiger partial charge is 0.341 e. The van der Waals surface area contributed by atoms with E-state index in [1.807, 2.05) is 33.7 Å². The van der Waals surface area contributed by atoms with E-state index in [1.54, 1.807) is 11.8 Å². The number of thioether (sulfide) groups is 1. The van der Waals surface area contributed by atoms with Gasteiger partial charge < -0.3 is 4.90 Å². The highest BCUT2D eigenvalue weighted by Gasteiger charge is 2.28. The molecule has 2 aromatic rings. The molecule has 0 radical (unpaired) electrons. The lowest BCUT2D eigenvalue weighted by Crippen LogP contribution is -2.41. The van der Waals surface area contributed by atoms with Crippen LogP contribution in [0.15, 0.2) is 24.4 Å². The smallest absolute Gasteiger partial charge is 0.232 e. The average molecular weight is 332 g/mol. The number of carbonyl (C=O) groups is 1. The number of nitrogens with zero attached hydrogens (tertiary/aromatic N) is 4. The number of carbonyl (C=O) groups excluding carboxylic acids is 1. The Bertz CT molecular complexity index is 691. The second-order valence-corrected chi connectivity index (χ2v) is 8.87. The van der Waals surface area contributed by atoms with Crippen LogP contribution in [0.25, 0.3) is 5.65 Å². The van der Waals surface area contributed by atoms with Crippen LogP contribution in [0.4, 0.5) is 0 Å². The van der Waals surface area contributed by atoms with Gasteiger partial charge in [-0.05, 0) is 25.0 Å². The lowest BCUT2D eigenvalue weighted by atomic mass is 9.97. The maximum atomic E-state index is 12.5. The molecule has 1 aliphatic heterocycles. The van der Waals surface area contributed by atoms with E-state index in [9.17, 15) is 4.79 Å². The van der Waals surface area contributed by atoms with Gasteiger partial charge in [0.25, 0.3) is 0 Å². The Morgan fingerprint density at radius 1 is 1.35 bits per heavy atom. The first-order valence-corrected chi connectivity index (χ1v) is 9.14. The average Bonchev–Trinajstić information content (AvgIpc) is 2.96. The summed E-state index contributed by atoms with van der Waals surface area (Å²) in [6.45, 7) is 8.04. The van der Waals surface area contributed by atoms with Crippen LogP contribution in [-0.2, 0) is 4.79 Å². The molecule has 23 heavy (non-hydrogen) atoms. The van der Waals surface area contributed by atoms with Gasteiger partial charge in [0.15, 0.2) is 5.65 Å². The van der Waals surface area contributed by atoms with E-state index in [2.05, 4.69) is 31.0 Å². The Morgan fingerprint density at radius 3 is 2.96 bits per heavy atom. The summed E-state index contributed by atoms with van der Waals surface area (Å²) < 4.78 is 2.16. The molecule has 0 bridgehead atoms. The van der Waals surface area contributed by atoms with Gasteiger partial charge >= 0.3 is 0 Å². The summed E-state index contributed by atoms with van der Waals surface area (Å²) in [7, 11) is 0. The van der Waals surface area contributed by atoms with Gasteiger partial charge in [0, 0.05) is 30.0 Å². The molecule has 1 unspecified atom stereocenters. The van der Waals surface area contributed by atoms with Crippen molar-refractivity contribution in [1.82, 2.24) is 19.5 Å². The Labute approximate surface area is 141 Å². The van der Waals surface area contributed by atoms with Crippen LogP contribution in [0.5, 0.6) is 0 Å². The molecular formula is C17H24N4OS. The van der Waals surface area contributed by atoms with Crippen LogP contribution in [0, 0.1) is 0 Å². The summed E-state index contributed by atoms with van der Waals surface area (Å²) in [6.07, 6.45) is 4.09. The molecule has 0 aromatic carbocycles. The summed E-state index contributed by atoms with van der Waals surface area (Å²) >= 11 is 1.71. The predicted molar refractivity (Wildman–Crippen MR) is 93.8 cm³/mol. The highest BCUT2D eigenvalue weighted by atomic mass is 32.2. The minimum absolute atomic E-state index is 0.119. The maximum Gasteiger partial charge on any atom is 0.232 e. The SMILES string of the molecule is CC(C)(C)SCC(=O)N1CCCC(c2nnc3ccccn23)C1. The fourth-order valence-electron chi connectivity index (χ4n) is 2.92. The van der Waals surface area contributed by atoms with Crippen molar-refractivity contribution in [2.24, 2.45) is 0 Å². The second kappa shape index (κ2) is 6.51. The van der Waals surface area contributed by atoms with Gasteiger partial charge in [-0.25, -0.2) is 0 Å². The Kier molecular flexibility index (Phi) is 4.62. The minimum Gasteiger partial charge on any atom is -0.341 e. The van der Waals surface area contributed by atoms with Gasteiger partial charge in [0.1, 0.15) is 5.82 Å². The lowest BCUT2D eigenvalue weighted by Gasteiger charge is -2.32. The van der Waals surface area contributed by atoms with E-state index in [-0.39, 0.29) is 16.6 Å². The van der Waals surface area contributed by atoms with E-state index in [0.717, 1.165) is 37.4 Å². The van der Waals surface area contributed by atoms with Gasteiger partial charge in [-0.15, -0.1) is 22.0 Å². The molecule has 124 valence electrons. The van der Waals surface area contributed by atoms with Crippen molar-refractivity contribution >= 4 is 23.3 Å². The van der Waals surface area contributed by atoms with Crippen LogP contribution < -0.4 is 0 Å². The van der Waals surface area contributed by atoms with E-state index in [0.29, 0.717) is 5.75 Å². The first kappa shape index (κ1) is 16.3. The number of likely N-dealkylation sites (tertiary alicyclic amines) is 1. The van der Waals surface area contributed by atoms with Gasteiger partial charge in [0.05, 0.1) is 5.75 Å². The Balaban J connectivity index is 1.70. The third kappa shape index (κ3) is 3.86. The maximum absolute atomic E-state index is 12.5. The zero-order valence-electron chi connectivity index (χ0n) is 14.0. The molecule has 1 aliphatic rings. The summed E-state index contributed by atoms with van der Waals surface area (Å²) in [6, 6.07) is 5.92. The zero-order valence-corrected chi connectivity index (χ0v) is 14.8. The van der Waals surface area contributed by atoms with E-state index >= 15 is 0 Å². The zero-order chi connectivity index (χ0) is 16.4. The molecule has 2 aromatic heterocycles. The van der Waals surface area contributed by atoms with Crippen molar-refractivity contribution in [2.45, 2.75) is 44.3 Å². The van der Waals surface area contributed by atoms with Crippen molar-refractivity contribution in [1.29, 1.82) is 0 Å². The molecule has 0 N–H and O–H groups in total. The number of amides is 1. The van der Waals surface area contributed by atoms with Crippen LogP contribution in [0.3, 0.4) is 0 Å². The van der Waals surface area contributed by atoms with Gasteiger partial charge in [0.2, 0.25) is 5.91 Å². The van der Waals surface area contributed by atoms with Crippen LogP contribution in [-0.4, -0.2) is 49.0 Å². The molecule has 0 spiro atoms. The molecular weight excluding hydrogens is 308 g/mol. The minimum atomic E-state index is 0.119. The van der Waals surface area contributed by atoms with Gasteiger partial charge in [-0.1, -0.05) is 26.8 Å². The van der Waals surface area contributed by atoms with Crippen molar-refractivity contribution in [3.8, 4) is 0 Å². The van der Waals surface area contributed by atoms with E-state index in [4.69, 9.17) is 0 Å². The number of fused-ring (bicyclic) bond motifs is 1. The molecule has 0 saturated carbocycles. The van der Waals surface area contributed by atoms with Crippen LogP contribution in [0.2, 0.25) is 0 Å².